The monoisotopic (exact) mass is 395 g/mol. The molecule has 0 amide bonds. The Bertz CT molecular complexity index is 1300. The largest absolute Gasteiger partial charge is 0.294 e. The highest BCUT2D eigenvalue weighted by Gasteiger charge is 2.31. The molecule has 2 heterocycles. The van der Waals surface area contributed by atoms with Gasteiger partial charge in [-0.3, -0.25) is 9.59 Å². The van der Waals surface area contributed by atoms with Gasteiger partial charge >= 0.3 is 0 Å². The van der Waals surface area contributed by atoms with E-state index in [-0.39, 0.29) is 11.6 Å². The first-order chi connectivity index (χ1) is 14.5. The first-order valence-corrected chi connectivity index (χ1v) is 10.2. The third-order valence-corrected chi connectivity index (χ3v) is 5.70. The van der Waals surface area contributed by atoms with Gasteiger partial charge in [-0.1, -0.05) is 48.0 Å². The molecule has 0 spiro atoms. The van der Waals surface area contributed by atoms with Gasteiger partial charge in [-0.15, -0.1) is 0 Å². The quantitative estimate of drug-likeness (QED) is 0.468. The van der Waals surface area contributed by atoms with Crippen LogP contribution >= 0.6 is 0 Å². The van der Waals surface area contributed by atoms with Gasteiger partial charge in [0.05, 0.1) is 28.0 Å². The molecular weight excluding hydrogens is 374 g/mol. The molecule has 148 valence electrons. The Labute approximate surface area is 174 Å². The van der Waals surface area contributed by atoms with Gasteiger partial charge in [0.1, 0.15) is 0 Å². The smallest absolute Gasteiger partial charge is 0.194 e. The van der Waals surface area contributed by atoms with Crippen molar-refractivity contribution in [2.24, 2.45) is 0 Å². The number of benzene rings is 2. The van der Waals surface area contributed by atoms with Crippen molar-refractivity contribution in [1.82, 2.24) is 14.8 Å². The maximum atomic E-state index is 13.7. The molecular formula is C25H21N3O2. The van der Waals surface area contributed by atoms with Gasteiger partial charge in [0.15, 0.2) is 17.2 Å². The zero-order chi connectivity index (χ0) is 20.8. The second kappa shape index (κ2) is 7.02. The SMILES string of the molecule is Cc1ccc(C(=O)c2c3c(nc4c2c(C)nn4-c2ccccc2)CCCC3=O)cc1. The Balaban J connectivity index is 1.85. The predicted molar refractivity (Wildman–Crippen MR) is 115 cm³/mol. The summed E-state index contributed by atoms with van der Waals surface area (Å²) in [6.07, 6.45) is 1.88. The van der Waals surface area contributed by atoms with Crippen molar-refractivity contribution in [2.75, 3.05) is 0 Å². The van der Waals surface area contributed by atoms with Crippen molar-refractivity contribution in [3.63, 3.8) is 0 Å². The molecule has 0 aliphatic heterocycles. The number of aromatic nitrogens is 3. The normalized spacial score (nSPS) is 13.5. The van der Waals surface area contributed by atoms with Crippen LogP contribution in [0.5, 0.6) is 0 Å². The molecule has 0 unspecified atom stereocenters. The van der Waals surface area contributed by atoms with Crippen molar-refractivity contribution >= 4 is 22.6 Å². The molecule has 0 N–H and O–H groups in total. The molecule has 30 heavy (non-hydrogen) atoms. The minimum atomic E-state index is -0.149. The standard InChI is InChI=1S/C25H21N3O2/c1-15-11-13-17(14-12-15)24(30)23-21-16(2)27-28(18-7-4-3-5-8-18)25(21)26-19-9-6-10-20(29)22(19)23/h3-5,7-8,11-14H,6,9-10H2,1-2H3. The number of aryl methyl sites for hydroxylation is 3. The van der Waals surface area contributed by atoms with Gasteiger partial charge in [-0.05, 0) is 38.8 Å². The third-order valence-electron chi connectivity index (χ3n) is 5.70. The topological polar surface area (TPSA) is 64.8 Å². The van der Waals surface area contributed by atoms with Crippen LogP contribution in [0, 0.1) is 13.8 Å². The van der Waals surface area contributed by atoms with E-state index in [1.807, 2.05) is 68.4 Å². The molecule has 0 saturated carbocycles. The molecule has 2 aromatic carbocycles. The summed E-state index contributed by atoms with van der Waals surface area (Å²) in [5.74, 6) is -0.155. The van der Waals surface area contributed by atoms with E-state index in [0.717, 1.165) is 17.7 Å². The Hall–Kier alpha value is -3.60. The molecule has 2 aromatic heterocycles. The summed E-state index contributed by atoms with van der Waals surface area (Å²) in [7, 11) is 0. The first kappa shape index (κ1) is 18.4. The molecule has 5 rings (SSSR count). The average molecular weight is 395 g/mol. The summed E-state index contributed by atoms with van der Waals surface area (Å²) < 4.78 is 1.77. The number of pyridine rings is 1. The summed E-state index contributed by atoms with van der Waals surface area (Å²) in [5, 5.41) is 5.36. The van der Waals surface area contributed by atoms with E-state index in [1.165, 1.54) is 0 Å². The van der Waals surface area contributed by atoms with Crippen molar-refractivity contribution < 1.29 is 9.59 Å². The number of nitrogens with zero attached hydrogens (tertiary/aromatic N) is 3. The van der Waals surface area contributed by atoms with Crippen LogP contribution in [-0.2, 0) is 6.42 Å². The summed E-state index contributed by atoms with van der Waals surface area (Å²) >= 11 is 0. The Morgan fingerprint density at radius 1 is 0.967 bits per heavy atom. The maximum Gasteiger partial charge on any atom is 0.194 e. The van der Waals surface area contributed by atoms with Gasteiger partial charge in [-0.25, -0.2) is 9.67 Å². The van der Waals surface area contributed by atoms with E-state index in [1.54, 1.807) is 4.68 Å². The highest BCUT2D eigenvalue weighted by atomic mass is 16.1. The summed E-state index contributed by atoms with van der Waals surface area (Å²) in [6.45, 7) is 3.85. The molecule has 5 nitrogen and oxygen atoms in total. The van der Waals surface area contributed by atoms with Gasteiger partial charge in [0.2, 0.25) is 0 Å². The fourth-order valence-corrected chi connectivity index (χ4v) is 4.21. The van der Waals surface area contributed by atoms with E-state index in [2.05, 4.69) is 0 Å². The van der Waals surface area contributed by atoms with Gasteiger partial charge in [-0.2, -0.15) is 5.10 Å². The highest BCUT2D eigenvalue weighted by molar-refractivity contribution is 6.22. The van der Waals surface area contributed by atoms with E-state index in [9.17, 15) is 9.59 Å². The lowest BCUT2D eigenvalue weighted by molar-refractivity contribution is 0.0957. The van der Waals surface area contributed by atoms with E-state index >= 15 is 0 Å². The lowest BCUT2D eigenvalue weighted by atomic mass is 9.86. The van der Waals surface area contributed by atoms with Crippen LogP contribution in [0.25, 0.3) is 16.7 Å². The van der Waals surface area contributed by atoms with Crippen LogP contribution in [0.1, 0.15) is 56.1 Å². The fraction of sp³-hybridized carbons (Fsp3) is 0.200. The number of Topliss-reactive ketones (excluding diaryl/α,β-unsaturated/α-hetero) is 1. The van der Waals surface area contributed by atoms with Crippen molar-refractivity contribution in [1.29, 1.82) is 0 Å². The Kier molecular flexibility index (Phi) is 4.31. The van der Waals surface area contributed by atoms with E-state index in [4.69, 9.17) is 10.1 Å². The number of carbonyl (C=O) groups is 2. The first-order valence-electron chi connectivity index (χ1n) is 10.2. The summed E-state index contributed by atoms with van der Waals surface area (Å²) in [4.78, 5) is 31.4. The van der Waals surface area contributed by atoms with Crippen LogP contribution < -0.4 is 0 Å². The molecule has 0 radical (unpaired) electrons. The maximum absolute atomic E-state index is 13.7. The van der Waals surface area contributed by atoms with Crippen LogP contribution in [0.3, 0.4) is 0 Å². The number of hydrogen-bond donors (Lipinski definition) is 0. The van der Waals surface area contributed by atoms with Crippen molar-refractivity contribution in [3.8, 4) is 5.69 Å². The number of rotatable bonds is 3. The molecule has 1 aliphatic carbocycles. The lowest BCUT2D eigenvalue weighted by Gasteiger charge is -2.18. The fourth-order valence-electron chi connectivity index (χ4n) is 4.21. The molecule has 0 atom stereocenters. The number of para-hydroxylation sites is 1. The van der Waals surface area contributed by atoms with Crippen LogP contribution in [-0.4, -0.2) is 26.3 Å². The minimum absolute atomic E-state index is 0.00651. The third kappa shape index (κ3) is 2.86. The lowest BCUT2D eigenvalue weighted by Crippen LogP contribution is -2.19. The Morgan fingerprint density at radius 2 is 1.70 bits per heavy atom. The minimum Gasteiger partial charge on any atom is -0.294 e. The van der Waals surface area contributed by atoms with Gasteiger partial charge < -0.3 is 0 Å². The molecule has 0 fully saturated rings. The zero-order valence-electron chi connectivity index (χ0n) is 17.0. The zero-order valence-corrected chi connectivity index (χ0v) is 17.0. The van der Waals surface area contributed by atoms with Gasteiger partial charge in [0, 0.05) is 17.5 Å². The van der Waals surface area contributed by atoms with Crippen molar-refractivity contribution in [2.45, 2.75) is 33.1 Å². The summed E-state index contributed by atoms with van der Waals surface area (Å²) in [6, 6.07) is 17.2. The number of ketones is 2. The predicted octanol–water partition coefficient (Wildman–Crippen LogP) is 4.79. The van der Waals surface area contributed by atoms with Crippen LogP contribution in [0.15, 0.2) is 54.6 Å². The van der Waals surface area contributed by atoms with E-state index < -0.39 is 0 Å². The van der Waals surface area contributed by atoms with E-state index in [0.29, 0.717) is 52.0 Å². The molecule has 4 aromatic rings. The Morgan fingerprint density at radius 3 is 2.43 bits per heavy atom. The number of carbonyl (C=O) groups excluding carboxylic acids is 2. The molecule has 5 heteroatoms. The van der Waals surface area contributed by atoms with Crippen LogP contribution in [0.4, 0.5) is 0 Å². The molecule has 0 bridgehead atoms. The average Bonchev–Trinajstić information content (AvgIpc) is 3.09. The second-order valence-corrected chi connectivity index (χ2v) is 7.81. The van der Waals surface area contributed by atoms with Gasteiger partial charge in [0.25, 0.3) is 0 Å². The highest BCUT2D eigenvalue weighted by Crippen LogP contribution is 2.33. The van der Waals surface area contributed by atoms with Crippen LogP contribution in [0.2, 0.25) is 0 Å². The number of hydrogen-bond acceptors (Lipinski definition) is 4. The number of fused-ring (bicyclic) bond motifs is 2. The summed E-state index contributed by atoms with van der Waals surface area (Å²) in [5.41, 5.74) is 5.47. The second-order valence-electron chi connectivity index (χ2n) is 7.81. The molecule has 1 aliphatic rings. The van der Waals surface area contributed by atoms with Crippen molar-refractivity contribution in [3.05, 3.63) is 88.2 Å². The molecule has 0 saturated heterocycles.